The number of carbonyl (C=O) groups excluding carboxylic acids is 3. The fourth-order valence-corrected chi connectivity index (χ4v) is 4.33. The molecule has 7 nitrogen and oxygen atoms in total. The highest BCUT2D eigenvalue weighted by atomic mass is 16.2. The number of carbonyl (C=O) groups is 3. The van der Waals surface area contributed by atoms with E-state index in [-0.39, 0.29) is 36.1 Å². The summed E-state index contributed by atoms with van der Waals surface area (Å²) < 4.78 is 0. The largest absolute Gasteiger partial charge is 0.336 e. The van der Waals surface area contributed by atoms with Crippen LogP contribution >= 0.6 is 0 Å². The van der Waals surface area contributed by atoms with E-state index in [1.54, 1.807) is 29.2 Å². The molecule has 0 spiro atoms. The van der Waals surface area contributed by atoms with Crippen molar-refractivity contribution in [3.8, 4) is 0 Å². The van der Waals surface area contributed by atoms with Crippen LogP contribution in [0.2, 0.25) is 0 Å². The molecule has 2 aliphatic rings. The number of hydrogen-bond donors (Lipinski definition) is 1. The Morgan fingerprint density at radius 3 is 2.28 bits per heavy atom. The molecule has 0 aromatic heterocycles. The molecule has 0 aliphatic carbocycles. The van der Waals surface area contributed by atoms with Gasteiger partial charge in [-0.05, 0) is 43.8 Å². The molecular weight excluding hydrogens is 404 g/mol. The minimum Gasteiger partial charge on any atom is -0.336 e. The van der Waals surface area contributed by atoms with Crippen LogP contribution in [0.25, 0.3) is 0 Å². The highest BCUT2D eigenvalue weighted by Gasteiger charge is 2.37. The van der Waals surface area contributed by atoms with E-state index in [0.29, 0.717) is 17.8 Å². The fraction of sp³-hybridized carbons (Fsp3) is 0.400. The molecule has 2 saturated heterocycles. The van der Waals surface area contributed by atoms with Gasteiger partial charge in [-0.15, -0.1) is 0 Å². The molecule has 168 valence electrons. The van der Waals surface area contributed by atoms with Gasteiger partial charge in [0.05, 0.1) is 12.0 Å². The molecule has 0 saturated carbocycles. The van der Waals surface area contributed by atoms with Crippen LogP contribution < -0.4 is 5.32 Å². The van der Waals surface area contributed by atoms with Gasteiger partial charge >= 0.3 is 0 Å². The normalized spacial score (nSPS) is 20.3. The van der Waals surface area contributed by atoms with Crippen LogP contribution in [0.4, 0.5) is 5.69 Å². The van der Waals surface area contributed by atoms with Gasteiger partial charge in [0.25, 0.3) is 5.91 Å². The zero-order valence-corrected chi connectivity index (χ0v) is 18.7. The fourth-order valence-electron chi connectivity index (χ4n) is 4.33. The first-order chi connectivity index (χ1) is 15.4. The van der Waals surface area contributed by atoms with Crippen molar-refractivity contribution in [3.05, 3.63) is 65.7 Å². The number of amides is 3. The Morgan fingerprint density at radius 2 is 1.62 bits per heavy atom. The van der Waals surface area contributed by atoms with Gasteiger partial charge in [0, 0.05) is 50.4 Å². The first kappa shape index (κ1) is 22.0. The number of piperazine rings is 1. The summed E-state index contributed by atoms with van der Waals surface area (Å²) in [5.41, 5.74) is 2.31. The van der Waals surface area contributed by atoms with E-state index in [1.165, 1.54) is 0 Å². The molecule has 3 amide bonds. The highest BCUT2D eigenvalue weighted by Crippen LogP contribution is 2.29. The quantitative estimate of drug-likeness (QED) is 0.785. The number of benzene rings is 2. The Labute approximate surface area is 189 Å². The lowest BCUT2D eigenvalue weighted by Gasteiger charge is -2.32. The van der Waals surface area contributed by atoms with Gasteiger partial charge in [-0.25, -0.2) is 0 Å². The maximum absolute atomic E-state index is 12.8. The van der Waals surface area contributed by atoms with Gasteiger partial charge in [-0.3, -0.25) is 14.4 Å². The van der Waals surface area contributed by atoms with Crippen molar-refractivity contribution in [2.24, 2.45) is 5.92 Å². The number of likely N-dealkylation sites (N-methyl/N-ethyl adjacent to an activating group) is 1. The van der Waals surface area contributed by atoms with Gasteiger partial charge in [0.2, 0.25) is 11.8 Å². The summed E-state index contributed by atoms with van der Waals surface area (Å²) in [6, 6.07) is 16.8. The van der Waals surface area contributed by atoms with Crippen LogP contribution in [-0.4, -0.2) is 72.2 Å². The summed E-state index contributed by atoms with van der Waals surface area (Å²) in [5.74, 6) is -0.544. The standard InChI is InChI=1S/C25H30N4O3/c1-18(19-6-4-3-5-7-19)29-17-21(16-23(29)30)24(31)26-22-10-8-20(9-11-22)25(32)28-14-12-27(2)13-15-28/h3-11,18,21H,12-17H2,1-2H3,(H,26,31). The molecule has 2 aromatic rings. The summed E-state index contributed by atoms with van der Waals surface area (Å²) in [6.45, 7) is 5.59. The number of anilines is 1. The Kier molecular flexibility index (Phi) is 6.55. The molecule has 2 heterocycles. The molecule has 4 rings (SSSR count). The Morgan fingerprint density at radius 1 is 0.969 bits per heavy atom. The van der Waals surface area contributed by atoms with E-state index in [2.05, 4.69) is 17.3 Å². The highest BCUT2D eigenvalue weighted by molar-refractivity contribution is 5.98. The molecule has 2 aliphatic heterocycles. The third-order valence-electron chi connectivity index (χ3n) is 6.47. The lowest BCUT2D eigenvalue weighted by molar-refractivity contribution is -0.129. The van der Waals surface area contributed by atoms with Crippen molar-refractivity contribution in [2.45, 2.75) is 19.4 Å². The average molecular weight is 435 g/mol. The predicted molar refractivity (Wildman–Crippen MR) is 123 cm³/mol. The van der Waals surface area contributed by atoms with Gasteiger partial charge in [0.15, 0.2) is 0 Å². The van der Waals surface area contributed by atoms with Crippen molar-refractivity contribution >= 4 is 23.4 Å². The minimum absolute atomic E-state index is 0.00498. The van der Waals surface area contributed by atoms with Gasteiger partial charge in [0.1, 0.15) is 0 Å². The monoisotopic (exact) mass is 434 g/mol. The maximum Gasteiger partial charge on any atom is 0.253 e. The second-order valence-corrected chi connectivity index (χ2v) is 8.70. The number of rotatable bonds is 5. The molecular formula is C25H30N4O3. The number of nitrogens with one attached hydrogen (secondary N) is 1. The maximum atomic E-state index is 12.8. The second-order valence-electron chi connectivity index (χ2n) is 8.70. The third-order valence-corrected chi connectivity index (χ3v) is 6.47. The first-order valence-electron chi connectivity index (χ1n) is 11.2. The van der Waals surface area contributed by atoms with Crippen molar-refractivity contribution in [1.29, 1.82) is 0 Å². The molecule has 7 heteroatoms. The molecule has 2 unspecified atom stereocenters. The van der Waals surface area contributed by atoms with Gasteiger partial charge in [-0.2, -0.15) is 0 Å². The zero-order chi connectivity index (χ0) is 22.7. The van der Waals surface area contributed by atoms with Crippen LogP contribution in [-0.2, 0) is 9.59 Å². The van der Waals surface area contributed by atoms with Crippen molar-refractivity contribution in [1.82, 2.24) is 14.7 Å². The Balaban J connectivity index is 1.34. The van der Waals surface area contributed by atoms with E-state index in [4.69, 9.17) is 0 Å². The van der Waals surface area contributed by atoms with E-state index in [1.807, 2.05) is 42.2 Å². The Bertz CT molecular complexity index is 968. The van der Waals surface area contributed by atoms with Crippen LogP contribution in [0.5, 0.6) is 0 Å². The average Bonchev–Trinajstić information content (AvgIpc) is 3.21. The molecule has 32 heavy (non-hydrogen) atoms. The summed E-state index contributed by atoms with van der Waals surface area (Å²) in [6.07, 6.45) is 0.211. The predicted octanol–water partition coefficient (Wildman–Crippen LogP) is 2.62. The minimum atomic E-state index is -0.389. The number of hydrogen-bond acceptors (Lipinski definition) is 4. The second kappa shape index (κ2) is 9.53. The van der Waals surface area contributed by atoms with E-state index in [9.17, 15) is 14.4 Å². The first-order valence-corrected chi connectivity index (χ1v) is 11.2. The van der Waals surface area contributed by atoms with E-state index in [0.717, 1.165) is 31.7 Å². The molecule has 0 bridgehead atoms. The molecule has 1 N–H and O–H groups in total. The van der Waals surface area contributed by atoms with E-state index >= 15 is 0 Å². The number of nitrogens with zero attached hydrogens (tertiary/aromatic N) is 3. The van der Waals surface area contributed by atoms with Crippen LogP contribution in [0.15, 0.2) is 54.6 Å². The Hall–Kier alpha value is -3.19. The lowest BCUT2D eigenvalue weighted by Crippen LogP contribution is -2.47. The smallest absolute Gasteiger partial charge is 0.253 e. The summed E-state index contributed by atoms with van der Waals surface area (Å²) in [4.78, 5) is 43.9. The lowest BCUT2D eigenvalue weighted by atomic mass is 10.1. The summed E-state index contributed by atoms with van der Waals surface area (Å²) in [5, 5.41) is 2.91. The van der Waals surface area contributed by atoms with Crippen molar-refractivity contribution < 1.29 is 14.4 Å². The van der Waals surface area contributed by atoms with Crippen molar-refractivity contribution in [3.63, 3.8) is 0 Å². The summed E-state index contributed by atoms with van der Waals surface area (Å²) in [7, 11) is 2.05. The topological polar surface area (TPSA) is 73.0 Å². The van der Waals surface area contributed by atoms with Crippen LogP contribution in [0.3, 0.4) is 0 Å². The van der Waals surface area contributed by atoms with Crippen molar-refractivity contribution in [2.75, 3.05) is 45.1 Å². The zero-order valence-electron chi connectivity index (χ0n) is 18.7. The SMILES string of the molecule is CC(c1ccccc1)N1CC(C(=O)Nc2ccc(C(=O)N3CCN(C)CC3)cc2)CC1=O. The molecule has 2 atom stereocenters. The third kappa shape index (κ3) is 4.83. The number of likely N-dealkylation sites (tertiary alicyclic amines) is 1. The molecule has 0 radical (unpaired) electrons. The van der Waals surface area contributed by atoms with Crippen LogP contribution in [0.1, 0.15) is 35.3 Å². The van der Waals surface area contributed by atoms with Gasteiger partial charge in [-0.1, -0.05) is 30.3 Å². The van der Waals surface area contributed by atoms with Gasteiger partial charge < -0.3 is 20.0 Å². The molecule has 2 fully saturated rings. The van der Waals surface area contributed by atoms with Crippen LogP contribution in [0, 0.1) is 5.92 Å². The molecule has 2 aromatic carbocycles. The van der Waals surface area contributed by atoms with E-state index < -0.39 is 0 Å². The summed E-state index contributed by atoms with van der Waals surface area (Å²) >= 11 is 0.